The molecule has 6 rings (SSSR count). The molecule has 2 aromatic heterocycles. The molecule has 2 aliphatic heterocycles. The van der Waals surface area contributed by atoms with E-state index in [0.717, 1.165) is 25.0 Å². The molecule has 0 saturated carbocycles. The van der Waals surface area contributed by atoms with Crippen molar-refractivity contribution in [3.8, 4) is 5.75 Å². The molecule has 4 aromatic rings. The van der Waals surface area contributed by atoms with E-state index in [1.54, 1.807) is 16.7 Å². The maximum absolute atomic E-state index is 13.7. The van der Waals surface area contributed by atoms with Crippen molar-refractivity contribution >= 4 is 29.0 Å². The van der Waals surface area contributed by atoms with Gasteiger partial charge in [0.15, 0.2) is 29.5 Å². The van der Waals surface area contributed by atoms with Gasteiger partial charge in [0.2, 0.25) is 0 Å². The van der Waals surface area contributed by atoms with E-state index in [0.29, 0.717) is 23.3 Å². The quantitative estimate of drug-likeness (QED) is 0.222. The van der Waals surface area contributed by atoms with E-state index in [-0.39, 0.29) is 23.7 Å². The van der Waals surface area contributed by atoms with Crippen LogP contribution in [0.25, 0.3) is 11.2 Å². The molecule has 2 aliphatic rings. The van der Waals surface area contributed by atoms with E-state index >= 15 is 0 Å². The highest BCUT2D eigenvalue weighted by molar-refractivity contribution is 5.95. The largest absolute Gasteiger partial charge is 0.490 e. The summed E-state index contributed by atoms with van der Waals surface area (Å²) in [5.41, 5.74) is 0.878. The summed E-state index contributed by atoms with van der Waals surface area (Å²) in [7, 11) is 0. The predicted octanol–water partition coefficient (Wildman–Crippen LogP) is 4.18. The summed E-state index contributed by atoms with van der Waals surface area (Å²) in [6, 6.07) is 8.43. The molecular formula is C29H28F2N6O7. The number of ether oxygens (including phenoxy) is 4. The number of benzene rings is 2. The molecule has 2 aromatic carbocycles. The Morgan fingerprint density at radius 2 is 1.80 bits per heavy atom. The zero-order valence-corrected chi connectivity index (χ0v) is 23.4. The molecule has 3 N–H and O–H groups in total. The van der Waals surface area contributed by atoms with Crippen LogP contribution in [0.3, 0.4) is 0 Å². The summed E-state index contributed by atoms with van der Waals surface area (Å²) in [6.07, 6.45) is 0.557. The summed E-state index contributed by atoms with van der Waals surface area (Å²) < 4.78 is 53.5. The average Bonchev–Trinajstić information content (AvgIpc) is 3.72. The van der Waals surface area contributed by atoms with Crippen molar-refractivity contribution in [2.45, 2.75) is 50.6 Å². The van der Waals surface area contributed by atoms with Crippen LogP contribution in [-0.2, 0) is 14.2 Å². The third-order valence-corrected chi connectivity index (χ3v) is 7.25. The molecule has 0 spiro atoms. The van der Waals surface area contributed by atoms with Gasteiger partial charge >= 0.3 is 12.0 Å². The zero-order chi connectivity index (χ0) is 30.8. The first-order valence-electron chi connectivity index (χ1n) is 13.9. The van der Waals surface area contributed by atoms with Crippen LogP contribution >= 0.6 is 0 Å². The van der Waals surface area contributed by atoms with Crippen LogP contribution < -0.4 is 15.4 Å². The molecule has 13 nitrogen and oxygen atoms in total. The fourth-order valence-corrected chi connectivity index (χ4v) is 5.10. The first-order chi connectivity index (χ1) is 21.3. The lowest BCUT2D eigenvalue weighted by Crippen LogP contribution is -2.33. The van der Waals surface area contributed by atoms with Gasteiger partial charge < -0.3 is 29.4 Å². The smallest absolute Gasteiger partial charge is 0.339 e. The molecule has 2 fully saturated rings. The number of carbonyl (C=O) groups is 2. The van der Waals surface area contributed by atoms with E-state index in [1.165, 1.54) is 30.9 Å². The van der Waals surface area contributed by atoms with E-state index in [2.05, 4.69) is 25.6 Å². The van der Waals surface area contributed by atoms with Crippen LogP contribution in [0, 0.1) is 11.6 Å². The minimum absolute atomic E-state index is 0.0507. The number of amides is 2. The summed E-state index contributed by atoms with van der Waals surface area (Å²) in [6.45, 7) is 2.35. The maximum Gasteiger partial charge on any atom is 0.339 e. The molecule has 2 saturated heterocycles. The van der Waals surface area contributed by atoms with E-state index in [1.807, 2.05) is 6.92 Å². The van der Waals surface area contributed by atoms with Gasteiger partial charge in [0.05, 0.1) is 6.33 Å². The SMILES string of the molecule is CCCCNC(=O)Nc1ncnc2c1ncn2C1OC(COc2ccc(F)cc2C(=O)O)C2O[C@H](c3ccc(F)cc3)OC21. The maximum atomic E-state index is 13.7. The van der Waals surface area contributed by atoms with Crippen LogP contribution in [0.2, 0.25) is 0 Å². The molecule has 4 heterocycles. The number of carbonyl (C=O) groups excluding carboxylic acids is 1. The number of anilines is 1. The van der Waals surface area contributed by atoms with Gasteiger partial charge in [0.25, 0.3) is 0 Å². The van der Waals surface area contributed by atoms with Gasteiger partial charge in [-0.05, 0) is 36.8 Å². The van der Waals surface area contributed by atoms with Crippen molar-refractivity contribution in [2.75, 3.05) is 18.5 Å². The Kier molecular flexibility index (Phi) is 8.32. The number of carboxylic acids is 1. The second-order valence-corrected chi connectivity index (χ2v) is 10.2. The number of imidazole rings is 1. The average molecular weight is 611 g/mol. The monoisotopic (exact) mass is 610 g/mol. The van der Waals surface area contributed by atoms with E-state index in [9.17, 15) is 23.5 Å². The second-order valence-electron chi connectivity index (χ2n) is 10.2. The van der Waals surface area contributed by atoms with Crippen LogP contribution in [0.4, 0.5) is 19.4 Å². The summed E-state index contributed by atoms with van der Waals surface area (Å²) in [5.74, 6) is -2.34. The second kappa shape index (κ2) is 12.5. The molecule has 4 unspecified atom stereocenters. The number of unbranched alkanes of at least 4 members (excludes halogenated alkanes) is 1. The third kappa shape index (κ3) is 5.89. The Morgan fingerprint density at radius 1 is 1.02 bits per heavy atom. The Balaban J connectivity index is 1.27. The molecule has 44 heavy (non-hydrogen) atoms. The molecule has 2 amide bonds. The first-order valence-corrected chi connectivity index (χ1v) is 13.9. The number of halogens is 2. The molecular weight excluding hydrogens is 582 g/mol. The fourth-order valence-electron chi connectivity index (χ4n) is 5.10. The standard InChI is InChI=1S/C29H28F2N6O7/c1-2-3-10-32-29(40)36-24-21-25(34-13-33-24)37(14-35-21)26-23-22(43-28(44-23)15-4-6-16(30)7-5-15)20(42-26)12-41-19-9-8-17(31)11-18(19)27(38)39/h4-9,11,13-14,20,22-23,26,28H,2-3,10,12H2,1H3,(H,38,39)(H2,32,33,34,36,40)/t20?,22?,23?,26?,28-/m0/s1. The highest BCUT2D eigenvalue weighted by Gasteiger charge is 2.54. The van der Waals surface area contributed by atoms with Gasteiger partial charge in [0, 0.05) is 12.1 Å². The summed E-state index contributed by atoms with van der Waals surface area (Å²) >= 11 is 0. The van der Waals surface area contributed by atoms with Crippen molar-refractivity contribution in [3.63, 3.8) is 0 Å². The minimum atomic E-state index is -1.35. The van der Waals surface area contributed by atoms with Crippen molar-refractivity contribution in [1.29, 1.82) is 0 Å². The van der Waals surface area contributed by atoms with Gasteiger partial charge in [-0.1, -0.05) is 25.5 Å². The molecule has 0 aliphatic carbocycles. The van der Waals surface area contributed by atoms with Gasteiger partial charge in [0.1, 0.15) is 54.2 Å². The van der Waals surface area contributed by atoms with Crippen LogP contribution in [-0.4, -0.2) is 68.1 Å². The highest BCUT2D eigenvalue weighted by atomic mass is 19.1. The third-order valence-electron chi connectivity index (χ3n) is 7.25. The van der Waals surface area contributed by atoms with Gasteiger partial charge in [-0.25, -0.2) is 33.3 Å². The summed E-state index contributed by atoms with van der Waals surface area (Å²) in [5, 5.41) is 15.0. The lowest BCUT2D eigenvalue weighted by atomic mass is 10.1. The number of carboxylic acid groups (broad SMARTS) is 1. The molecule has 0 radical (unpaired) electrons. The van der Waals surface area contributed by atoms with Gasteiger partial charge in [-0.15, -0.1) is 0 Å². The molecule has 230 valence electrons. The number of aromatic carboxylic acids is 1. The predicted molar refractivity (Wildman–Crippen MR) is 149 cm³/mol. The van der Waals surface area contributed by atoms with Gasteiger partial charge in [-0.2, -0.15) is 0 Å². The minimum Gasteiger partial charge on any atom is -0.490 e. The number of fused-ring (bicyclic) bond motifs is 2. The normalized spacial score (nSPS) is 22.6. The van der Waals surface area contributed by atoms with Crippen molar-refractivity contribution in [1.82, 2.24) is 24.8 Å². The Labute approximate surface area is 249 Å². The number of nitrogens with zero attached hydrogens (tertiary/aromatic N) is 4. The Morgan fingerprint density at radius 3 is 2.57 bits per heavy atom. The number of urea groups is 1. The summed E-state index contributed by atoms with van der Waals surface area (Å²) in [4.78, 5) is 37.0. The van der Waals surface area contributed by atoms with Crippen LogP contribution in [0.15, 0.2) is 55.1 Å². The lowest BCUT2D eigenvalue weighted by Gasteiger charge is -2.22. The number of hydrogen-bond donors (Lipinski definition) is 3. The molecule has 15 heteroatoms. The van der Waals surface area contributed by atoms with Gasteiger partial charge in [-0.3, -0.25) is 9.88 Å². The number of rotatable bonds is 10. The van der Waals surface area contributed by atoms with E-state index in [4.69, 9.17) is 18.9 Å². The lowest BCUT2D eigenvalue weighted by molar-refractivity contribution is -0.152. The fraction of sp³-hybridized carbons (Fsp3) is 0.345. The zero-order valence-electron chi connectivity index (χ0n) is 23.4. The number of hydrogen-bond acceptors (Lipinski definition) is 9. The first kappa shape index (κ1) is 29.3. The Bertz CT molecular complexity index is 1670. The van der Waals surface area contributed by atoms with Crippen molar-refractivity contribution in [2.24, 2.45) is 0 Å². The highest BCUT2D eigenvalue weighted by Crippen LogP contribution is 2.45. The van der Waals surface area contributed by atoms with E-state index < -0.39 is 54.5 Å². The van der Waals surface area contributed by atoms with Crippen molar-refractivity contribution in [3.05, 3.63) is 77.9 Å². The Hall–Kier alpha value is -4.73. The van der Waals surface area contributed by atoms with Crippen molar-refractivity contribution < 1.29 is 42.4 Å². The van der Waals surface area contributed by atoms with Crippen LogP contribution in [0.5, 0.6) is 5.75 Å². The number of aromatic nitrogens is 4. The molecule has 5 atom stereocenters. The molecule has 0 bridgehead atoms. The number of nitrogens with one attached hydrogen (secondary N) is 2. The topological polar surface area (TPSA) is 159 Å². The van der Waals surface area contributed by atoms with Crippen LogP contribution in [0.1, 0.15) is 48.2 Å².